The van der Waals surface area contributed by atoms with Gasteiger partial charge in [0.1, 0.15) is 17.5 Å². The molecule has 2 aliphatic carbocycles. The van der Waals surface area contributed by atoms with E-state index in [1.165, 1.54) is 12.1 Å². The van der Waals surface area contributed by atoms with Gasteiger partial charge in [-0.3, -0.25) is 5.01 Å². The lowest BCUT2D eigenvalue weighted by Crippen LogP contribution is -2.33. The molecule has 4 nitrogen and oxygen atoms in total. The molecule has 5 rings (SSSR count). The predicted molar refractivity (Wildman–Crippen MR) is 117 cm³/mol. The molecular formula is C26H20FN3O. The van der Waals surface area contributed by atoms with Gasteiger partial charge in [-0.05, 0) is 66.5 Å². The molecule has 31 heavy (non-hydrogen) atoms. The molecule has 0 amide bonds. The Labute approximate surface area is 180 Å². The molecule has 2 aromatic carbocycles. The maximum Gasteiger partial charge on any atom is 0.148 e. The summed E-state index contributed by atoms with van der Waals surface area (Å²) in [5.74, 6) is 5.81. The number of aliphatic hydroxyl groups is 1. The maximum atomic E-state index is 13.3. The van der Waals surface area contributed by atoms with Crippen molar-refractivity contribution in [1.82, 2.24) is 5.43 Å². The maximum absolute atomic E-state index is 13.3. The summed E-state index contributed by atoms with van der Waals surface area (Å²) in [7, 11) is 0. The molecule has 0 saturated carbocycles. The van der Waals surface area contributed by atoms with E-state index in [9.17, 15) is 14.8 Å². The van der Waals surface area contributed by atoms with E-state index in [1.807, 2.05) is 17.3 Å². The Morgan fingerprint density at radius 1 is 1.16 bits per heavy atom. The third kappa shape index (κ3) is 3.11. The second-order valence-corrected chi connectivity index (χ2v) is 8.00. The fourth-order valence-corrected chi connectivity index (χ4v) is 4.65. The first-order chi connectivity index (χ1) is 15.0. The number of nitrogens with zero attached hydrogens (tertiary/aromatic N) is 2. The molecular weight excluding hydrogens is 389 g/mol. The monoisotopic (exact) mass is 409 g/mol. The molecule has 0 aromatic heterocycles. The van der Waals surface area contributed by atoms with Crippen molar-refractivity contribution in [2.45, 2.75) is 25.4 Å². The topological polar surface area (TPSA) is 59.3 Å². The summed E-state index contributed by atoms with van der Waals surface area (Å²) >= 11 is 0. The number of hydrazine groups is 1. The van der Waals surface area contributed by atoms with Crippen molar-refractivity contribution in [3.8, 4) is 17.9 Å². The van der Waals surface area contributed by atoms with Gasteiger partial charge >= 0.3 is 0 Å². The summed E-state index contributed by atoms with van der Waals surface area (Å²) in [4.78, 5) is 0. The Balaban J connectivity index is 1.52. The van der Waals surface area contributed by atoms with Crippen LogP contribution in [0.1, 0.15) is 30.9 Å². The van der Waals surface area contributed by atoms with Gasteiger partial charge in [0.25, 0.3) is 0 Å². The zero-order valence-corrected chi connectivity index (χ0v) is 17.0. The number of nitriles is 1. The molecule has 2 N–H and O–H groups in total. The van der Waals surface area contributed by atoms with Gasteiger partial charge < -0.3 is 10.5 Å². The third-order valence-corrected chi connectivity index (χ3v) is 6.18. The number of halogens is 1. The van der Waals surface area contributed by atoms with Crippen molar-refractivity contribution in [2.75, 3.05) is 5.01 Å². The lowest BCUT2D eigenvalue weighted by Gasteiger charge is -2.31. The summed E-state index contributed by atoms with van der Waals surface area (Å²) < 4.78 is 13.3. The average Bonchev–Trinajstić information content (AvgIpc) is 3.35. The number of hydrogen-bond donors (Lipinski definition) is 2. The van der Waals surface area contributed by atoms with Crippen LogP contribution in [-0.4, -0.2) is 10.7 Å². The minimum absolute atomic E-state index is 0.0269. The van der Waals surface area contributed by atoms with Crippen molar-refractivity contribution in [3.05, 3.63) is 100 Å². The standard InChI is InChI=1S/C26H20FN3O/c1-17-23-16-29-30(22-8-6-21(27)7-9-22)24(23)14-19-11-13-26(31,25(17)19)12-10-18-4-2-3-5-20(18)15-28/h2-9,14,16-17,29,31H,11,13H2,1H3/t17-,26+/m0/s1. The lowest BCUT2D eigenvalue weighted by atomic mass is 9.78. The van der Waals surface area contributed by atoms with Crippen molar-refractivity contribution in [2.24, 2.45) is 5.92 Å². The lowest BCUT2D eigenvalue weighted by molar-refractivity contribution is 0.133. The smallest absolute Gasteiger partial charge is 0.148 e. The van der Waals surface area contributed by atoms with Crippen molar-refractivity contribution < 1.29 is 9.50 Å². The largest absolute Gasteiger partial charge is 0.374 e. The van der Waals surface area contributed by atoms with Gasteiger partial charge in [0.05, 0.1) is 16.9 Å². The first kappa shape index (κ1) is 19.2. The van der Waals surface area contributed by atoms with Crippen LogP contribution in [0.2, 0.25) is 0 Å². The fourth-order valence-electron chi connectivity index (χ4n) is 4.65. The molecule has 0 radical (unpaired) electrons. The summed E-state index contributed by atoms with van der Waals surface area (Å²) in [6.07, 6.45) is 5.26. The highest BCUT2D eigenvalue weighted by atomic mass is 19.1. The first-order valence-corrected chi connectivity index (χ1v) is 10.2. The number of hydrogen-bond acceptors (Lipinski definition) is 4. The van der Waals surface area contributed by atoms with Crippen molar-refractivity contribution in [3.63, 3.8) is 0 Å². The number of fused-ring (bicyclic) bond motifs is 1. The van der Waals surface area contributed by atoms with E-state index < -0.39 is 5.60 Å². The molecule has 0 unspecified atom stereocenters. The van der Waals surface area contributed by atoms with Gasteiger partial charge in [0.2, 0.25) is 0 Å². The number of benzene rings is 2. The predicted octanol–water partition coefficient (Wildman–Crippen LogP) is 4.31. The zero-order chi connectivity index (χ0) is 21.6. The Hall–Kier alpha value is -3.80. The Morgan fingerprint density at radius 3 is 2.65 bits per heavy atom. The van der Waals surface area contributed by atoms with Gasteiger partial charge in [0, 0.05) is 23.3 Å². The van der Waals surface area contributed by atoms with Crippen molar-refractivity contribution in [1.29, 1.82) is 5.26 Å². The molecule has 3 aliphatic rings. The first-order valence-electron chi connectivity index (χ1n) is 10.2. The van der Waals surface area contributed by atoms with Crippen LogP contribution in [0.25, 0.3) is 0 Å². The molecule has 0 fully saturated rings. The normalized spacial score (nSPS) is 23.7. The molecule has 2 atom stereocenters. The highest BCUT2D eigenvalue weighted by Crippen LogP contribution is 2.49. The molecule has 2 aromatic rings. The Morgan fingerprint density at radius 2 is 1.90 bits per heavy atom. The van der Waals surface area contributed by atoms with Crippen LogP contribution < -0.4 is 10.4 Å². The van der Waals surface area contributed by atoms with Gasteiger partial charge in [-0.25, -0.2) is 4.39 Å². The van der Waals surface area contributed by atoms with Crippen LogP contribution >= 0.6 is 0 Å². The van der Waals surface area contributed by atoms with Crippen LogP contribution in [0.3, 0.4) is 0 Å². The Bertz CT molecular complexity index is 1270. The molecule has 152 valence electrons. The van der Waals surface area contributed by atoms with Gasteiger partial charge in [-0.1, -0.05) is 30.9 Å². The van der Waals surface area contributed by atoms with Crippen LogP contribution in [0, 0.1) is 34.9 Å². The molecule has 1 heterocycles. The molecule has 0 saturated heterocycles. The number of rotatable bonds is 1. The molecule has 1 aliphatic heterocycles. The van der Waals surface area contributed by atoms with E-state index in [0.717, 1.165) is 34.5 Å². The summed E-state index contributed by atoms with van der Waals surface area (Å²) in [6.45, 7) is 2.07. The van der Waals surface area contributed by atoms with Crippen LogP contribution in [0.5, 0.6) is 0 Å². The van der Waals surface area contributed by atoms with Crippen LogP contribution in [0.15, 0.2) is 83.2 Å². The average molecular weight is 409 g/mol. The highest BCUT2D eigenvalue weighted by molar-refractivity contribution is 5.66. The summed E-state index contributed by atoms with van der Waals surface area (Å²) in [5.41, 5.74) is 8.06. The minimum Gasteiger partial charge on any atom is -0.374 e. The highest BCUT2D eigenvalue weighted by Gasteiger charge is 2.45. The van der Waals surface area contributed by atoms with E-state index in [1.54, 1.807) is 30.3 Å². The second kappa shape index (κ2) is 7.16. The number of anilines is 1. The summed E-state index contributed by atoms with van der Waals surface area (Å²) in [6, 6.07) is 15.7. The zero-order valence-electron chi connectivity index (χ0n) is 17.0. The van der Waals surface area contributed by atoms with E-state index >= 15 is 0 Å². The van der Waals surface area contributed by atoms with Gasteiger partial charge in [-0.15, -0.1) is 0 Å². The summed E-state index contributed by atoms with van der Waals surface area (Å²) in [5, 5.41) is 22.7. The number of allylic oxidation sites excluding steroid dienone is 3. The third-order valence-electron chi connectivity index (χ3n) is 6.18. The van der Waals surface area contributed by atoms with Gasteiger partial charge in [0.15, 0.2) is 0 Å². The van der Waals surface area contributed by atoms with E-state index in [-0.39, 0.29) is 11.7 Å². The minimum atomic E-state index is -1.23. The van der Waals surface area contributed by atoms with E-state index in [2.05, 4.69) is 36.3 Å². The van der Waals surface area contributed by atoms with E-state index in [0.29, 0.717) is 17.5 Å². The molecule has 0 spiro atoms. The van der Waals surface area contributed by atoms with Crippen molar-refractivity contribution >= 4 is 5.69 Å². The Kier molecular flexibility index (Phi) is 4.43. The second-order valence-electron chi connectivity index (χ2n) is 8.00. The van der Waals surface area contributed by atoms with Gasteiger partial charge in [-0.2, -0.15) is 5.26 Å². The SMILES string of the molecule is C[C@H]1C2=CNN(c3ccc(F)cc3)C2=CC2=C1[C@@](O)(C#Cc1ccccc1C#N)CC2. The molecule has 0 bridgehead atoms. The van der Waals surface area contributed by atoms with Crippen LogP contribution in [-0.2, 0) is 0 Å². The number of nitrogens with one attached hydrogen (secondary N) is 1. The van der Waals surface area contributed by atoms with E-state index in [4.69, 9.17) is 0 Å². The quantitative estimate of drug-likeness (QED) is 0.689. The fraction of sp³-hybridized carbons (Fsp3) is 0.192. The molecule has 5 heteroatoms. The van der Waals surface area contributed by atoms with Crippen LogP contribution in [0.4, 0.5) is 10.1 Å².